The van der Waals surface area contributed by atoms with Crippen LogP contribution >= 0.6 is 0 Å². The number of carbonyl (C=O) groups excluding carboxylic acids is 1. The number of hydrogen-bond acceptors (Lipinski definition) is 6. The van der Waals surface area contributed by atoms with E-state index in [-0.39, 0.29) is 11.8 Å². The first-order valence-electron chi connectivity index (χ1n) is 9.70. The molecule has 1 amide bonds. The second-order valence-corrected chi connectivity index (χ2v) is 7.17. The van der Waals surface area contributed by atoms with Gasteiger partial charge in [0.25, 0.3) is 0 Å². The summed E-state index contributed by atoms with van der Waals surface area (Å²) < 4.78 is 10.6. The molecular formula is C21H24N4O3. The van der Waals surface area contributed by atoms with Crippen LogP contribution in [0.4, 0.5) is 5.69 Å². The van der Waals surface area contributed by atoms with Crippen molar-refractivity contribution in [1.82, 2.24) is 15.0 Å². The van der Waals surface area contributed by atoms with E-state index in [9.17, 15) is 4.79 Å². The lowest BCUT2D eigenvalue weighted by Crippen LogP contribution is -2.48. The minimum atomic E-state index is -0.0124. The third-order valence-corrected chi connectivity index (χ3v) is 4.91. The second kappa shape index (κ2) is 8.39. The Morgan fingerprint density at radius 3 is 2.79 bits per heavy atom. The van der Waals surface area contributed by atoms with E-state index in [4.69, 9.17) is 8.94 Å². The Morgan fingerprint density at radius 1 is 1.25 bits per heavy atom. The zero-order valence-corrected chi connectivity index (χ0v) is 15.9. The third-order valence-electron chi connectivity index (χ3n) is 4.91. The number of amides is 1. The summed E-state index contributed by atoms with van der Waals surface area (Å²) in [5, 5.41) is 6.91. The summed E-state index contributed by atoms with van der Waals surface area (Å²) >= 11 is 0. The molecule has 146 valence electrons. The van der Waals surface area contributed by atoms with Crippen molar-refractivity contribution >= 4 is 11.6 Å². The van der Waals surface area contributed by atoms with Gasteiger partial charge in [-0.25, -0.2) is 0 Å². The highest BCUT2D eigenvalue weighted by atomic mass is 16.5. The van der Waals surface area contributed by atoms with Crippen molar-refractivity contribution in [3.63, 3.8) is 0 Å². The number of aromatic nitrogens is 2. The van der Waals surface area contributed by atoms with E-state index in [1.54, 1.807) is 18.4 Å². The molecule has 7 nitrogen and oxygen atoms in total. The first-order valence-corrected chi connectivity index (χ1v) is 9.70. The SMILES string of the molecule is CCCCc1ccc(NC(=O)CN2CC(c3nc(-c4ccco4)no3)C2)cc1. The minimum absolute atomic E-state index is 0.0124. The first kappa shape index (κ1) is 18.4. The Hall–Kier alpha value is -2.93. The number of furan rings is 1. The summed E-state index contributed by atoms with van der Waals surface area (Å²) in [7, 11) is 0. The molecule has 1 saturated heterocycles. The number of nitrogens with one attached hydrogen (secondary N) is 1. The molecule has 7 heteroatoms. The monoisotopic (exact) mass is 380 g/mol. The van der Waals surface area contributed by atoms with Crippen LogP contribution in [0.3, 0.4) is 0 Å². The zero-order valence-electron chi connectivity index (χ0n) is 15.9. The number of carbonyl (C=O) groups is 1. The average Bonchev–Trinajstić information content (AvgIpc) is 3.35. The molecule has 1 N–H and O–H groups in total. The average molecular weight is 380 g/mol. The van der Waals surface area contributed by atoms with Crippen molar-refractivity contribution in [2.24, 2.45) is 0 Å². The third kappa shape index (κ3) is 4.31. The van der Waals surface area contributed by atoms with Crippen molar-refractivity contribution in [1.29, 1.82) is 0 Å². The lowest BCUT2D eigenvalue weighted by molar-refractivity contribution is -0.118. The van der Waals surface area contributed by atoms with Gasteiger partial charge in [-0.3, -0.25) is 9.69 Å². The van der Waals surface area contributed by atoms with Gasteiger partial charge in [-0.15, -0.1) is 0 Å². The Balaban J connectivity index is 1.23. The minimum Gasteiger partial charge on any atom is -0.461 e. The molecule has 4 rings (SSSR count). The lowest BCUT2D eigenvalue weighted by atomic mass is 10.0. The van der Waals surface area contributed by atoms with Gasteiger partial charge >= 0.3 is 0 Å². The van der Waals surface area contributed by atoms with Gasteiger partial charge in [0, 0.05) is 18.8 Å². The number of benzene rings is 1. The molecule has 0 bridgehead atoms. The molecule has 0 radical (unpaired) electrons. The second-order valence-electron chi connectivity index (χ2n) is 7.17. The molecule has 1 aliphatic heterocycles. The van der Waals surface area contributed by atoms with E-state index in [1.807, 2.05) is 12.1 Å². The van der Waals surface area contributed by atoms with Crippen molar-refractivity contribution in [3.8, 4) is 11.6 Å². The number of hydrogen-bond donors (Lipinski definition) is 1. The molecule has 1 aromatic carbocycles. The van der Waals surface area contributed by atoms with Crippen LogP contribution in [0.1, 0.15) is 37.1 Å². The number of aryl methyl sites for hydroxylation is 1. The molecule has 1 fully saturated rings. The number of nitrogens with zero attached hydrogens (tertiary/aromatic N) is 3. The van der Waals surface area contributed by atoms with Gasteiger partial charge in [0.2, 0.25) is 17.6 Å². The largest absolute Gasteiger partial charge is 0.461 e. The van der Waals surface area contributed by atoms with E-state index in [1.165, 1.54) is 18.4 Å². The van der Waals surface area contributed by atoms with Gasteiger partial charge < -0.3 is 14.3 Å². The summed E-state index contributed by atoms with van der Waals surface area (Å²) in [4.78, 5) is 18.7. The first-order chi connectivity index (χ1) is 13.7. The lowest BCUT2D eigenvalue weighted by Gasteiger charge is -2.36. The van der Waals surface area contributed by atoms with Gasteiger partial charge in [0.1, 0.15) is 0 Å². The van der Waals surface area contributed by atoms with Gasteiger partial charge in [0.15, 0.2) is 5.76 Å². The van der Waals surface area contributed by atoms with Crippen LogP contribution in [0.25, 0.3) is 11.6 Å². The maximum Gasteiger partial charge on any atom is 0.238 e. The fourth-order valence-electron chi connectivity index (χ4n) is 3.30. The van der Waals surface area contributed by atoms with Crippen molar-refractivity contribution in [2.45, 2.75) is 32.1 Å². The molecule has 0 spiro atoms. The molecule has 3 heterocycles. The van der Waals surface area contributed by atoms with E-state index < -0.39 is 0 Å². The van der Waals surface area contributed by atoms with E-state index in [0.29, 0.717) is 24.0 Å². The molecule has 2 aromatic heterocycles. The molecule has 28 heavy (non-hydrogen) atoms. The van der Waals surface area contributed by atoms with Gasteiger partial charge in [-0.05, 0) is 42.7 Å². The molecule has 1 aliphatic rings. The Morgan fingerprint density at radius 2 is 2.07 bits per heavy atom. The predicted octanol–water partition coefficient (Wildman–Crippen LogP) is 3.71. The highest BCUT2D eigenvalue weighted by Gasteiger charge is 2.33. The fourth-order valence-corrected chi connectivity index (χ4v) is 3.30. The zero-order chi connectivity index (χ0) is 19.3. The summed E-state index contributed by atoms with van der Waals surface area (Å²) in [6.45, 7) is 3.99. The molecule has 0 atom stereocenters. The van der Waals surface area contributed by atoms with E-state index in [0.717, 1.165) is 25.2 Å². The number of anilines is 1. The normalized spacial score (nSPS) is 14.8. The van der Waals surface area contributed by atoms with E-state index in [2.05, 4.69) is 39.4 Å². The van der Waals surface area contributed by atoms with Crippen molar-refractivity contribution in [2.75, 3.05) is 25.0 Å². The molecule has 3 aromatic rings. The maximum atomic E-state index is 12.3. The summed E-state index contributed by atoms with van der Waals surface area (Å²) in [5.41, 5.74) is 2.14. The molecular weight excluding hydrogens is 356 g/mol. The maximum absolute atomic E-state index is 12.3. The summed E-state index contributed by atoms with van der Waals surface area (Å²) in [5.74, 6) is 1.78. The Kier molecular flexibility index (Phi) is 5.53. The van der Waals surface area contributed by atoms with Crippen LogP contribution in [0.15, 0.2) is 51.6 Å². The predicted molar refractivity (Wildman–Crippen MR) is 105 cm³/mol. The number of rotatable bonds is 8. The van der Waals surface area contributed by atoms with Crippen LogP contribution < -0.4 is 5.32 Å². The molecule has 0 unspecified atom stereocenters. The Bertz CT molecular complexity index is 896. The van der Waals surface area contributed by atoms with Crippen LogP contribution in [0.5, 0.6) is 0 Å². The molecule has 0 saturated carbocycles. The molecule has 0 aliphatic carbocycles. The van der Waals surface area contributed by atoms with Crippen LogP contribution in [-0.4, -0.2) is 40.6 Å². The topological polar surface area (TPSA) is 84.4 Å². The number of unbranched alkanes of at least 4 members (excludes halogenated alkanes) is 1. The smallest absolute Gasteiger partial charge is 0.238 e. The Labute approximate surface area is 163 Å². The van der Waals surface area contributed by atoms with E-state index >= 15 is 0 Å². The summed E-state index contributed by atoms with van der Waals surface area (Å²) in [6, 6.07) is 11.7. The van der Waals surface area contributed by atoms with Crippen LogP contribution in [0.2, 0.25) is 0 Å². The summed E-state index contributed by atoms with van der Waals surface area (Å²) in [6.07, 6.45) is 5.03. The van der Waals surface area contributed by atoms with Crippen molar-refractivity contribution in [3.05, 3.63) is 54.1 Å². The van der Waals surface area contributed by atoms with Crippen molar-refractivity contribution < 1.29 is 13.7 Å². The van der Waals surface area contributed by atoms with Gasteiger partial charge in [-0.1, -0.05) is 30.6 Å². The quantitative estimate of drug-likeness (QED) is 0.641. The van der Waals surface area contributed by atoms with Gasteiger partial charge in [-0.2, -0.15) is 4.98 Å². The van der Waals surface area contributed by atoms with Crippen LogP contribution in [0, 0.1) is 0 Å². The highest BCUT2D eigenvalue weighted by molar-refractivity contribution is 5.92. The van der Waals surface area contributed by atoms with Crippen LogP contribution in [-0.2, 0) is 11.2 Å². The fraction of sp³-hybridized carbons (Fsp3) is 0.381. The van der Waals surface area contributed by atoms with Gasteiger partial charge in [0.05, 0.1) is 18.7 Å². The highest BCUT2D eigenvalue weighted by Crippen LogP contribution is 2.27. The number of likely N-dealkylation sites (tertiary alicyclic amines) is 1. The standard InChI is InChI=1S/C21H24N4O3/c1-2-3-5-15-7-9-17(10-8-15)22-19(26)14-25-12-16(13-25)21-23-20(24-28-21)18-6-4-11-27-18/h4,6-11,16H,2-3,5,12-14H2,1H3,(H,22,26).